The molecule has 1 amide bonds. The molecule has 4 heterocycles. The number of carbonyl (C=O) groups is 1. The van der Waals surface area contributed by atoms with Crippen molar-refractivity contribution < 1.29 is 4.79 Å². The number of nitrogens with zero attached hydrogens (tertiary/aromatic N) is 4. The molecule has 4 rings (SSSR count). The molecular weight excluding hydrogens is 370 g/mol. The molecule has 0 aromatic carbocycles. The van der Waals surface area contributed by atoms with Gasteiger partial charge in [0.15, 0.2) is 0 Å². The van der Waals surface area contributed by atoms with Crippen LogP contribution in [0.15, 0.2) is 48.1 Å². The van der Waals surface area contributed by atoms with Gasteiger partial charge in [0.1, 0.15) is 5.65 Å². The number of thiophene rings is 1. The maximum absolute atomic E-state index is 12.5. The zero-order chi connectivity index (χ0) is 19.3. The number of imidazole rings is 1. The fraction of sp³-hybridized carbons (Fsp3) is 0.429. The second kappa shape index (κ2) is 8.86. The zero-order valence-electron chi connectivity index (χ0n) is 16.3. The number of pyridine rings is 1. The van der Waals surface area contributed by atoms with Crippen LogP contribution >= 0.6 is 11.3 Å². The van der Waals surface area contributed by atoms with Gasteiger partial charge in [0, 0.05) is 56.5 Å². The summed E-state index contributed by atoms with van der Waals surface area (Å²) in [5, 5.41) is 5.16. The summed E-state index contributed by atoms with van der Waals surface area (Å²) in [5.74, 6) is 0.130. The molecule has 0 aliphatic carbocycles. The number of carbonyl (C=O) groups excluding carboxylic acids is 1. The Hall–Kier alpha value is -2.22. The molecule has 1 fully saturated rings. The zero-order valence-corrected chi connectivity index (χ0v) is 17.1. The van der Waals surface area contributed by atoms with Gasteiger partial charge in [-0.2, -0.15) is 0 Å². The third-order valence-corrected chi connectivity index (χ3v) is 6.32. The summed E-state index contributed by atoms with van der Waals surface area (Å²) in [4.78, 5) is 23.2. The van der Waals surface area contributed by atoms with E-state index in [0.717, 1.165) is 50.5 Å². The quantitative estimate of drug-likeness (QED) is 0.665. The van der Waals surface area contributed by atoms with E-state index in [1.54, 1.807) is 11.3 Å². The Balaban J connectivity index is 1.22. The Labute approximate surface area is 169 Å². The maximum Gasteiger partial charge on any atom is 0.237 e. The third kappa shape index (κ3) is 4.60. The summed E-state index contributed by atoms with van der Waals surface area (Å²) in [6.07, 6.45) is 5.04. The Bertz CT molecular complexity index is 866. The first-order chi connectivity index (χ1) is 13.7. The fourth-order valence-corrected chi connectivity index (χ4v) is 4.39. The lowest BCUT2D eigenvalue weighted by molar-refractivity contribution is -0.126. The number of piperazine rings is 1. The van der Waals surface area contributed by atoms with Crippen molar-refractivity contribution in [2.45, 2.75) is 25.9 Å². The first-order valence-electron chi connectivity index (χ1n) is 9.88. The van der Waals surface area contributed by atoms with E-state index >= 15 is 0 Å². The minimum atomic E-state index is -0.0827. The topological polar surface area (TPSA) is 52.9 Å². The molecule has 1 atom stereocenters. The molecule has 0 bridgehead atoms. The van der Waals surface area contributed by atoms with Gasteiger partial charge in [-0.1, -0.05) is 12.1 Å². The number of aromatic nitrogens is 2. The molecule has 7 heteroatoms. The molecule has 1 unspecified atom stereocenters. The van der Waals surface area contributed by atoms with Gasteiger partial charge in [0.2, 0.25) is 5.91 Å². The Morgan fingerprint density at radius 1 is 1.21 bits per heavy atom. The van der Waals surface area contributed by atoms with Crippen molar-refractivity contribution in [3.05, 3.63) is 58.7 Å². The van der Waals surface area contributed by atoms with Gasteiger partial charge in [-0.3, -0.25) is 14.6 Å². The lowest BCUT2D eigenvalue weighted by atomic mass is 10.2. The van der Waals surface area contributed by atoms with Gasteiger partial charge >= 0.3 is 0 Å². The van der Waals surface area contributed by atoms with Crippen molar-refractivity contribution in [3.8, 4) is 0 Å². The second-order valence-corrected chi connectivity index (χ2v) is 8.34. The van der Waals surface area contributed by atoms with Crippen molar-refractivity contribution in [1.82, 2.24) is 24.5 Å². The number of amides is 1. The van der Waals surface area contributed by atoms with Crippen LogP contribution in [0.1, 0.15) is 17.5 Å². The summed E-state index contributed by atoms with van der Waals surface area (Å²) < 4.78 is 2.06. The van der Waals surface area contributed by atoms with E-state index < -0.39 is 0 Å². The summed E-state index contributed by atoms with van der Waals surface area (Å²) >= 11 is 1.74. The van der Waals surface area contributed by atoms with Crippen LogP contribution in [-0.4, -0.2) is 63.9 Å². The molecule has 1 aliphatic rings. The highest BCUT2D eigenvalue weighted by molar-refractivity contribution is 7.09. The average molecular weight is 398 g/mol. The van der Waals surface area contributed by atoms with E-state index in [1.165, 1.54) is 4.88 Å². The molecular formula is C21H27N5OS. The van der Waals surface area contributed by atoms with Crippen molar-refractivity contribution in [3.63, 3.8) is 0 Å². The summed E-state index contributed by atoms with van der Waals surface area (Å²) in [5.41, 5.74) is 2.09. The van der Waals surface area contributed by atoms with Crippen LogP contribution in [0.2, 0.25) is 0 Å². The third-order valence-electron chi connectivity index (χ3n) is 5.38. The molecule has 1 aliphatic heterocycles. The highest BCUT2D eigenvalue weighted by Gasteiger charge is 2.25. The van der Waals surface area contributed by atoms with Crippen LogP contribution in [0.4, 0.5) is 0 Å². The number of fused-ring (bicyclic) bond motifs is 1. The standard InChI is InChI=1S/C21H27N5OS/c1-17(21(27)22-8-7-19-5-4-14-28-19)25-12-10-24(11-13-25)15-18-16-26-9-3-2-6-20(26)23-18/h2-6,9,14,16-17H,7-8,10-13,15H2,1H3,(H,22,27). The van der Waals surface area contributed by atoms with Gasteiger partial charge in [0.25, 0.3) is 0 Å². The van der Waals surface area contributed by atoms with E-state index in [9.17, 15) is 4.79 Å². The van der Waals surface area contributed by atoms with E-state index in [2.05, 4.69) is 48.2 Å². The van der Waals surface area contributed by atoms with Gasteiger partial charge in [-0.05, 0) is 36.9 Å². The number of rotatable bonds is 7. The highest BCUT2D eigenvalue weighted by atomic mass is 32.1. The minimum Gasteiger partial charge on any atom is -0.354 e. The van der Waals surface area contributed by atoms with Crippen LogP contribution in [0.25, 0.3) is 5.65 Å². The normalized spacial score (nSPS) is 17.0. The van der Waals surface area contributed by atoms with E-state index in [1.807, 2.05) is 31.3 Å². The molecule has 0 saturated carbocycles. The SMILES string of the molecule is CC(C(=O)NCCc1cccs1)N1CCN(Cc2cn3ccccc3n2)CC1. The molecule has 148 valence electrons. The van der Waals surface area contributed by atoms with Gasteiger partial charge in [0.05, 0.1) is 11.7 Å². The van der Waals surface area contributed by atoms with Crippen LogP contribution in [0.3, 0.4) is 0 Å². The van der Waals surface area contributed by atoms with Crippen LogP contribution in [0.5, 0.6) is 0 Å². The van der Waals surface area contributed by atoms with Crippen LogP contribution < -0.4 is 5.32 Å². The van der Waals surface area contributed by atoms with E-state index in [0.29, 0.717) is 6.54 Å². The minimum absolute atomic E-state index is 0.0827. The lowest BCUT2D eigenvalue weighted by Gasteiger charge is -2.37. The molecule has 1 saturated heterocycles. The monoisotopic (exact) mass is 397 g/mol. The van der Waals surface area contributed by atoms with Crippen LogP contribution in [-0.2, 0) is 17.8 Å². The molecule has 3 aromatic heterocycles. The summed E-state index contributed by atoms with van der Waals surface area (Å²) in [6, 6.07) is 10.1. The van der Waals surface area contributed by atoms with Gasteiger partial charge in [-0.25, -0.2) is 4.98 Å². The van der Waals surface area contributed by atoms with Crippen molar-refractivity contribution >= 4 is 22.9 Å². The Morgan fingerprint density at radius 3 is 2.82 bits per heavy atom. The molecule has 0 radical (unpaired) electrons. The highest BCUT2D eigenvalue weighted by Crippen LogP contribution is 2.12. The van der Waals surface area contributed by atoms with Crippen LogP contribution in [0, 0.1) is 0 Å². The van der Waals surface area contributed by atoms with E-state index in [4.69, 9.17) is 0 Å². The largest absolute Gasteiger partial charge is 0.354 e. The number of nitrogens with one attached hydrogen (secondary N) is 1. The molecule has 28 heavy (non-hydrogen) atoms. The summed E-state index contributed by atoms with van der Waals surface area (Å²) in [7, 11) is 0. The first kappa shape index (κ1) is 19.1. The number of hydrogen-bond acceptors (Lipinski definition) is 5. The first-order valence-corrected chi connectivity index (χ1v) is 10.8. The summed E-state index contributed by atoms with van der Waals surface area (Å²) in [6.45, 7) is 7.31. The van der Waals surface area contributed by atoms with Crippen molar-refractivity contribution in [2.24, 2.45) is 0 Å². The second-order valence-electron chi connectivity index (χ2n) is 7.31. The Kier molecular flexibility index (Phi) is 6.04. The van der Waals surface area contributed by atoms with Crippen molar-refractivity contribution in [2.75, 3.05) is 32.7 Å². The van der Waals surface area contributed by atoms with Gasteiger partial charge in [-0.15, -0.1) is 11.3 Å². The van der Waals surface area contributed by atoms with Gasteiger partial charge < -0.3 is 9.72 Å². The predicted molar refractivity (Wildman–Crippen MR) is 113 cm³/mol. The molecule has 1 N–H and O–H groups in total. The lowest BCUT2D eigenvalue weighted by Crippen LogP contribution is -2.53. The molecule has 0 spiro atoms. The Morgan fingerprint density at radius 2 is 2.07 bits per heavy atom. The predicted octanol–water partition coefficient (Wildman–Crippen LogP) is 2.26. The smallest absolute Gasteiger partial charge is 0.237 e. The van der Waals surface area contributed by atoms with E-state index in [-0.39, 0.29) is 11.9 Å². The maximum atomic E-state index is 12.5. The average Bonchev–Trinajstić information content (AvgIpc) is 3.37. The molecule has 6 nitrogen and oxygen atoms in total. The number of hydrogen-bond donors (Lipinski definition) is 1. The molecule has 3 aromatic rings. The van der Waals surface area contributed by atoms with Crippen molar-refractivity contribution in [1.29, 1.82) is 0 Å². The fourth-order valence-electron chi connectivity index (χ4n) is 3.68.